The average molecular weight is 296 g/mol. The Labute approximate surface area is 107 Å². The lowest BCUT2D eigenvalue weighted by Crippen LogP contribution is -2.01. The molecule has 0 atom stereocenters. The Morgan fingerprint density at radius 2 is 2.18 bits per heavy atom. The van der Waals surface area contributed by atoms with Crippen molar-refractivity contribution in [1.82, 2.24) is 14.8 Å². The first-order valence-corrected chi connectivity index (χ1v) is 6.67. The van der Waals surface area contributed by atoms with E-state index in [0.717, 1.165) is 30.1 Å². The summed E-state index contributed by atoms with van der Waals surface area (Å²) in [5, 5.41) is 8.99. The van der Waals surface area contributed by atoms with Crippen LogP contribution in [0.15, 0.2) is 24.3 Å². The molecule has 5 heteroatoms. The van der Waals surface area contributed by atoms with Crippen molar-refractivity contribution in [2.75, 3.05) is 0 Å². The van der Waals surface area contributed by atoms with Gasteiger partial charge < -0.3 is 4.57 Å². The molecule has 0 bridgehead atoms. The molecule has 1 aliphatic carbocycles. The number of halogens is 2. The predicted molar refractivity (Wildman–Crippen MR) is 66.3 cm³/mol. The molecular formula is C12H11BrFN3. The fourth-order valence-corrected chi connectivity index (χ4v) is 2.34. The van der Waals surface area contributed by atoms with Gasteiger partial charge in [-0.2, -0.15) is 0 Å². The lowest BCUT2D eigenvalue weighted by atomic mass is 10.2. The standard InChI is InChI=1S/C12H11BrFN3/c13-7-11-15-16-12(17(11)10-4-5-10)8-2-1-3-9(14)6-8/h1-3,6,10H,4-5,7H2. The summed E-state index contributed by atoms with van der Waals surface area (Å²) < 4.78 is 15.3. The molecule has 0 unspecified atom stereocenters. The largest absolute Gasteiger partial charge is 0.307 e. The van der Waals surface area contributed by atoms with Crippen LogP contribution < -0.4 is 0 Å². The first kappa shape index (κ1) is 10.9. The van der Waals surface area contributed by atoms with E-state index in [1.54, 1.807) is 6.07 Å². The van der Waals surface area contributed by atoms with Gasteiger partial charge in [0.05, 0.1) is 5.33 Å². The van der Waals surface area contributed by atoms with Crippen LogP contribution in [0.4, 0.5) is 4.39 Å². The Balaban J connectivity index is 2.11. The SMILES string of the molecule is Fc1cccc(-c2nnc(CBr)n2C2CC2)c1. The summed E-state index contributed by atoms with van der Waals surface area (Å²) in [5.41, 5.74) is 0.789. The molecule has 1 fully saturated rings. The molecule has 0 aliphatic heterocycles. The fourth-order valence-electron chi connectivity index (χ4n) is 1.96. The van der Waals surface area contributed by atoms with Gasteiger partial charge in [0, 0.05) is 11.6 Å². The summed E-state index contributed by atoms with van der Waals surface area (Å²) in [6, 6.07) is 6.98. The lowest BCUT2D eigenvalue weighted by molar-refractivity contribution is 0.627. The fraction of sp³-hybridized carbons (Fsp3) is 0.333. The van der Waals surface area contributed by atoms with Crippen LogP contribution in [0.5, 0.6) is 0 Å². The zero-order valence-electron chi connectivity index (χ0n) is 9.11. The van der Waals surface area contributed by atoms with E-state index in [1.807, 2.05) is 6.07 Å². The minimum atomic E-state index is -0.242. The molecule has 0 N–H and O–H groups in total. The van der Waals surface area contributed by atoms with Crippen LogP contribution in [0.2, 0.25) is 0 Å². The van der Waals surface area contributed by atoms with Gasteiger partial charge in [0.1, 0.15) is 11.6 Å². The zero-order chi connectivity index (χ0) is 11.8. The van der Waals surface area contributed by atoms with Crippen LogP contribution in [0.25, 0.3) is 11.4 Å². The summed E-state index contributed by atoms with van der Waals surface area (Å²) in [6.07, 6.45) is 2.31. The molecule has 88 valence electrons. The Morgan fingerprint density at radius 1 is 1.35 bits per heavy atom. The Kier molecular flexibility index (Phi) is 2.70. The number of aromatic nitrogens is 3. The molecule has 3 rings (SSSR count). The van der Waals surface area contributed by atoms with Crippen molar-refractivity contribution in [3.05, 3.63) is 35.9 Å². The summed E-state index contributed by atoms with van der Waals surface area (Å²) in [5.74, 6) is 1.43. The van der Waals surface area contributed by atoms with E-state index in [4.69, 9.17) is 0 Å². The number of hydrogen-bond acceptors (Lipinski definition) is 2. The van der Waals surface area contributed by atoms with Crippen molar-refractivity contribution < 1.29 is 4.39 Å². The number of alkyl halides is 1. The zero-order valence-corrected chi connectivity index (χ0v) is 10.7. The number of hydrogen-bond donors (Lipinski definition) is 0. The van der Waals surface area contributed by atoms with Crippen LogP contribution in [0, 0.1) is 5.82 Å². The quantitative estimate of drug-likeness (QED) is 0.814. The summed E-state index contributed by atoms with van der Waals surface area (Å²) in [4.78, 5) is 0. The van der Waals surface area contributed by atoms with Gasteiger partial charge in [-0.3, -0.25) is 0 Å². The second kappa shape index (κ2) is 4.22. The number of benzene rings is 1. The normalized spacial score (nSPS) is 15.2. The highest BCUT2D eigenvalue weighted by atomic mass is 79.9. The van der Waals surface area contributed by atoms with Crippen molar-refractivity contribution in [3.63, 3.8) is 0 Å². The Morgan fingerprint density at radius 3 is 2.82 bits per heavy atom. The van der Waals surface area contributed by atoms with Gasteiger partial charge in [0.25, 0.3) is 0 Å². The monoisotopic (exact) mass is 295 g/mol. The van der Waals surface area contributed by atoms with E-state index in [0.29, 0.717) is 11.4 Å². The molecular weight excluding hydrogens is 285 g/mol. The van der Waals surface area contributed by atoms with Crippen LogP contribution in [-0.2, 0) is 5.33 Å². The molecule has 1 saturated carbocycles. The highest BCUT2D eigenvalue weighted by Crippen LogP contribution is 2.39. The summed E-state index contributed by atoms with van der Waals surface area (Å²) in [7, 11) is 0. The molecule has 17 heavy (non-hydrogen) atoms. The molecule has 0 saturated heterocycles. The van der Waals surface area contributed by atoms with Crippen molar-refractivity contribution in [2.45, 2.75) is 24.2 Å². The summed E-state index contributed by atoms with van der Waals surface area (Å²) in [6.45, 7) is 0. The predicted octanol–water partition coefficient (Wildman–Crippen LogP) is 3.31. The maximum Gasteiger partial charge on any atom is 0.164 e. The maximum atomic E-state index is 13.2. The first-order valence-electron chi connectivity index (χ1n) is 5.55. The Hall–Kier alpha value is -1.23. The summed E-state index contributed by atoms with van der Waals surface area (Å²) >= 11 is 3.41. The van der Waals surface area contributed by atoms with Crippen LogP contribution in [0.3, 0.4) is 0 Å². The smallest absolute Gasteiger partial charge is 0.164 e. The number of rotatable bonds is 3. The molecule has 0 radical (unpaired) electrons. The second-order valence-electron chi connectivity index (χ2n) is 4.18. The second-order valence-corrected chi connectivity index (χ2v) is 4.75. The van der Waals surface area contributed by atoms with Gasteiger partial charge >= 0.3 is 0 Å². The number of nitrogens with zero attached hydrogens (tertiary/aromatic N) is 3. The lowest BCUT2D eigenvalue weighted by Gasteiger charge is -2.07. The van der Waals surface area contributed by atoms with E-state index in [2.05, 4.69) is 30.7 Å². The maximum absolute atomic E-state index is 13.2. The van der Waals surface area contributed by atoms with E-state index in [1.165, 1.54) is 12.1 Å². The van der Waals surface area contributed by atoms with Crippen LogP contribution in [-0.4, -0.2) is 14.8 Å². The van der Waals surface area contributed by atoms with Gasteiger partial charge in [-0.05, 0) is 25.0 Å². The van der Waals surface area contributed by atoms with Gasteiger partial charge in [0.2, 0.25) is 0 Å². The third-order valence-corrected chi connectivity index (χ3v) is 3.38. The van der Waals surface area contributed by atoms with E-state index >= 15 is 0 Å². The van der Waals surface area contributed by atoms with E-state index < -0.39 is 0 Å². The van der Waals surface area contributed by atoms with Gasteiger partial charge in [-0.25, -0.2) is 4.39 Å². The van der Waals surface area contributed by atoms with Gasteiger partial charge in [-0.1, -0.05) is 28.1 Å². The van der Waals surface area contributed by atoms with Crippen LogP contribution >= 0.6 is 15.9 Å². The topological polar surface area (TPSA) is 30.7 Å². The molecule has 1 aromatic carbocycles. The molecule has 1 heterocycles. The van der Waals surface area contributed by atoms with E-state index in [-0.39, 0.29) is 5.82 Å². The van der Waals surface area contributed by atoms with Crippen molar-refractivity contribution >= 4 is 15.9 Å². The molecule has 1 aromatic heterocycles. The minimum Gasteiger partial charge on any atom is -0.307 e. The van der Waals surface area contributed by atoms with Crippen molar-refractivity contribution in [2.24, 2.45) is 0 Å². The molecule has 0 amide bonds. The average Bonchev–Trinajstić information content (AvgIpc) is 3.08. The molecule has 2 aromatic rings. The van der Waals surface area contributed by atoms with Gasteiger partial charge in [0.15, 0.2) is 5.82 Å². The third-order valence-electron chi connectivity index (χ3n) is 2.88. The van der Waals surface area contributed by atoms with Crippen LogP contribution in [0.1, 0.15) is 24.7 Å². The molecule has 0 spiro atoms. The highest BCUT2D eigenvalue weighted by molar-refractivity contribution is 9.08. The van der Waals surface area contributed by atoms with E-state index in [9.17, 15) is 4.39 Å². The first-order chi connectivity index (χ1) is 8.29. The minimum absolute atomic E-state index is 0.242. The van der Waals surface area contributed by atoms with Gasteiger partial charge in [-0.15, -0.1) is 10.2 Å². The highest BCUT2D eigenvalue weighted by Gasteiger charge is 2.29. The Bertz CT molecular complexity index is 548. The molecule has 3 nitrogen and oxygen atoms in total. The van der Waals surface area contributed by atoms with Crippen molar-refractivity contribution in [1.29, 1.82) is 0 Å². The third kappa shape index (κ3) is 1.99. The molecule has 1 aliphatic rings. The van der Waals surface area contributed by atoms with Crippen molar-refractivity contribution in [3.8, 4) is 11.4 Å².